The van der Waals surface area contributed by atoms with Gasteiger partial charge in [-0.1, -0.05) is 15.9 Å². The molecule has 2 aromatic carbocycles. The van der Waals surface area contributed by atoms with Crippen LogP contribution in [-0.4, -0.2) is 25.8 Å². The minimum absolute atomic E-state index is 0.0127. The molecular weight excluding hydrogens is 412 g/mol. The lowest BCUT2D eigenvalue weighted by Crippen LogP contribution is -2.15. The molecule has 0 aromatic heterocycles. The van der Waals surface area contributed by atoms with Gasteiger partial charge in [0.05, 0.1) is 11.5 Å². The fourth-order valence-electron chi connectivity index (χ4n) is 1.75. The Morgan fingerprint density at radius 1 is 1.04 bits per heavy atom. The summed E-state index contributed by atoms with van der Waals surface area (Å²) in [6, 6.07) is 14.3. The number of amides is 1. The highest BCUT2D eigenvalue weighted by Gasteiger charge is 2.07. The van der Waals surface area contributed by atoms with Crippen molar-refractivity contribution in [1.29, 1.82) is 0 Å². The van der Waals surface area contributed by atoms with E-state index in [9.17, 15) is 13.2 Å². The molecule has 0 heterocycles. The number of carbonyl (C=O) groups is 1. The fourth-order valence-corrected chi connectivity index (χ4v) is 3.35. The van der Waals surface area contributed by atoms with Crippen molar-refractivity contribution in [1.82, 2.24) is 0 Å². The van der Waals surface area contributed by atoms with Crippen LogP contribution in [0.2, 0.25) is 0 Å². The van der Waals surface area contributed by atoms with E-state index in [0.29, 0.717) is 17.1 Å². The summed E-state index contributed by atoms with van der Waals surface area (Å²) in [5.74, 6) is 0.190. The van der Waals surface area contributed by atoms with Gasteiger partial charge >= 0.3 is 0 Å². The Balaban J connectivity index is 1.86. The number of benzene rings is 2. The summed E-state index contributed by atoms with van der Waals surface area (Å²) in [6.45, 7) is 1.57. The molecule has 0 spiro atoms. The number of anilines is 2. The minimum atomic E-state index is -3.29. The van der Waals surface area contributed by atoms with E-state index >= 15 is 0 Å². The lowest BCUT2D eigenvalue weighted by molar-refractivity contribution is -0.113. The van der Waals surface area contributed by atoms with Gasteiger partial charge in [-0.25, -0.2) is 8.42 Å². The number of thioether (sulfide) groups is 1. The Bertz CT molecular complexity index is 791. The van der Waals surface area contributed by atoms with Crippen molar-refractivity contribution in [3.05, 3.63) is 53.0 Å². The van der Waals surface area contributed by atoms with Crippen LogP contribution in [0.5, 0.6) is 0 Å². The van der Waals surface area contributed by atoms with Crippen molar-refractivity contribution >= 4 is 55.0 Å². The predicted octanol–water partition coefficient (Wildman–Crippen LogP) is 3.94. The van der Waals surface area contributed by atoms with Crippen molar-refractivity contribution < 1.29 is 13.2 Å². The van der Waals surface area contributed by atoms with Crippen LogP contribution < -0.4 is 10.0 Å². The summed E-state index contributed by atoms with van der Waals surface area (Å²) in [5.41, 5.74) is 1.09. The predicted molar refractivity (Wildman–Crippen MR) is 103 cm³/mol. The van der Waals surface area contributed by atoms with Gasteiger partial charge in [-0.3, -0.25) is 9.52 Å². The van der Waals surface area contributed by atoms with Gasteiger partial charge < -0.3 is 5.32 Å². The lowest BCUT2D eigenvalue weighted by atomic mass is 10.3. The molecular formula is C16H17BrN2O3S2. The molecule has 0 unspecified atom stereocenters. The number of halogens is 1. The number of carbonyl (C=O) groups excluding carboxylic acids is 1. The van der Waals surface area contributed by atoms with Gasteiger partial charge in [0.2, 0.25) is 15.9 Å². The molecule has 0 bridgehead atoms. The Morgan fingerprint density at radius 3 is 2.21 bits per heavy atom. The van der Waals surface area contributed by atoms with Crippen molar-refractivity contribution in [3.63, 3.8) is 0 Å². The fraction of sp³-hybridized carbons (Fsp3) is 0.188. The molecule has 2 aromatic rings. The van der Waals surface area contributed by atoms with E-state index in [1.807, 2.05) is 24.3 Å². The van der Waals surface area contributed by atoms with Crippen LogP contribution in [0.25, 0.3) is 0 Å². The standard InChI is InChI=1S/C16H17BrN2O3S2/c1-2-24(21,22)19-14-7-5-13(6-8-14)18-16(20)11-23-15-9-3-12(17)4-10-15/h3-10,19H,2,11H2,1H3,(H,18,20). The average molecular weight is 429 g/mol. The van der Waals surface area contributed by atoms with E-state index in [0.717, 1.165) is 9.37 Å². The molecule has 2 N–H and O–H groups in total. The van der Waals surface area contributed by atoms with Crippen LogP contribution >= 0.6 is 27.7 Å². The lowest BCUT2D eigenvalue weighted by Gasteiger charge is -2.08. The van der Waals surface area contributed by atoms with Crippen molar-refractivity contribution in [2.75, 3.05) is 21.5 Å². The first-order valence-corrected chi connectivity index (χ1v) is 10.6. The molecule has 8 heteroatoms. The van der Waals surface area contributed by atoms with Gasteiger partial charge in [0.1, 0.15) is 0 Å². The Morgan fingerprint density at radius 2 is 1.62 bits per heavy atom. The van der Waals surface area contributed by atoms with Crippen LogP contribution in [0.4, 0.5) is 11.4 Å². The molecule has 24 heavy (non-hydrogen) atoms. The van der Waals surface area contributed by atoms with Crippen LogP contribution in [0.3, 0.4) is 0 Å². The number of hydrogen-bond acceptors (Lipinski definition) is 4. The van der Waals surface area contributed by atoms with Gasteiger partial charge in [0, 0.05) is 20.7 Å². The van der Waals surface area contributed by atoms with Gasteiger partial charge in [-0.15, -0.1) is 11.8 Å². The van der Waals surface area contributed by atoms with E-state index in [1.165, 1.54) is 11.8 Å². The van der Waals surface area contributed by atoms with E-state index < -0.39 is 10.0 Å². The van der Waals surface area contributed by atoms with E-state index in [2.05, 4.69) is 26.0 Å². The monoisotopic (exact) mass is 428 g/mol. The first kappa shape index (κ1) is 18.8. The van der Waals surface area contributed by atoms with Gasteiger partial charge in [0.15, 0.2) is 0 Å². The largest absolute Gasteiger partial charge is 0.325 e. The first-order chi connectivity index (χ1) is 11.4. The maximum Gasteiger partial charge on any atom is 0.234 e. The summed E-state index contributed by atoms with van der Waals surface area (Å²) < 4.78 is 26.4. The number of sulfonamides is 1. The van der Waals surface area contributed by atoms with E-state index in [4.69, 9.17) is 0 Å². The highest BCUT2D eigenvalue weighted by Crippen LogP contribution is 2.21. The summed E-state index contributed by atoms with van der Waals surface area (Å²) in [6.07, 6.45) is 0. The zero-order chi connectivity index (χ0) is 17.6. The van der Waals surface area contributed by atoms with Crippen LogP contribution in [0.1, 0.15) is 6.92 Å². The Hall–Kier alpha value is -1.51. The third-order valence-corrected chi connectivity index (χ3v) is 5.85. The highest BCUT2D eigenvalue weighted by atomic mass is 79.9. The summed E-state index contributed by atoms with van der Waals surface area (Å²) in [7, 11) is -3.29. The molecule has 0 aliphatic rings. The van der Waals surface area contributed by atoms with E-state index in [1.54, 1.807) is 31.2 Å². The third-order valence-electron chi connectivity index (χ3n) is 3.01. The number of nitrogens with one attached hydrogen (secondary N) is 2. The molecule has 0 aliphatic carbocycles. The SMILES string of the molecule is CCS(=O)(=O)Nc1ccc(NC(=O)CSc2ccc(Br)cc2)cc1. The Labute approximate surface area is 154 Å². The van der Waals surface area contributed by atoms with Crippen LogP contribution in [0.15, 0.2) is 57.9 Å². The minimum Gasteiger partial charge on any atom is -0.325 e. The van der Waals surface area contributed by atoms with Crippen molar-refractivity contribution in [2.24, 2.45) is 0 Å². The molecule has 2 rings (SSSR count). The Kier molecular flexibility index (Phi) is 6.70. The topological polar surface area (TPSA) is 75.3 Å². The normalized spacial score (nSPS) is 11.1. The summed E-state index contributed by atoms with van der Waals surface area (Å²) >= 11 is 4.81. The molecule has 0 atom stereocenters. The van der Waals surface area contributed by atoms with Gasteiger partial charge in [0.25, 0.3) is 0 Å². The second-order valence-corrected chi connectivity index (χ2v) is 8.85. The maximum atomic E-state index is 12.0. The molecule has 0 saturated heterocycles. The first-order valence-electron chi connectivity index (χ1n) is 7.17. The second-order valence-electron chi connectivity index (χ2n) is 4.87. The average Bonchev–Trinajstić information content (AvgIpc) is 2.56. The zero-order valence-electron chi connectivity index (χ0n) is 13.0. The molecule has 5 nitrogen and oxygen atoms in total. The molecule has 0 saturated carbocycles. The molecule has 0 aliphatic heterocycles. The second kappa shape index (κ2) is 8.55. The third kappa shape index (κ3) is 6.18. The smallest absolute Gasteiger partial charge is 0.234 e. The molecule has 128 valence electrons. The highest BCUT2D eigenvalue weighted by molar-refractivity contribution is 9.10. The van der Waals surface area contributed by atoms with Crippen molar-refractivity contribution in [3.8, 4) is 0 Å². The quantitative estimate of drug-likeness (QED) is 0.654. The zero-order valence-corrected chi connectivity index (χ0v) is 16.2. The maximum absolute atomic E-state index is 12.0. The number of rotatable bonds is 7. The van der Waals surface area contributed by atoms with Crippen LogP contribution in [-0.2, 0) is 14.8 Å². The summed E-state index contributed by atoms with van der Waals surface area (Å²) in [4.78, 5) is 13.0. The van der Waals surface area contributed by atoms with E-state index in [-0.39, 0.29) is 11.7 Å². The number of hydrogen-bond donors (Lipinski definition) is 2. The van der Waals surface area contributed by atoms with Crippen LogP contribution in [0, 0.1) is 0 Å². The molecule has 0 fully saturated rings. The summed E-state index contributed by atoms with van der Waals surface area (Å²) in [5, 5.41) is 2.78. The molecule has 0 radical (unpaired) electrons. The van der Waals surface area contributed by atoms with Gasteiger partial charge in [-0.2, -0.15) is 0 Å². The molecule has 1 amide bonds. The van der Waals surface area contributed by atoms with Crippen molar-refractivity contribution in [2.45, 2.75) is 11.8 Å². The van der Waals surface area contributed by atoms with Gasteiger partial charge in [-0.05, 0) is 55.5 Å².